The Hall–Kier alpha value is -0.960. The molecule has 0 bridgehead atoms. The van der Waals surface area contributed by atoms with Crippen LogP contribution in [0.3, 0.4) is 0 Å². The van der Waals surface area contributed by atoms with Crippen LogP contribution in [0, 0.1) is 0 Å². The Morgan fingerprint density at radius 3 is 2.67 bits per heavy atom. The molecule has 0 N–H and O–H groups in total. The lowest BCUT2D eigenvalue weighted by atomic mass is 10.2. The van der Waals surface area contributed by atoms with Gasteiger partial charge in [-0.05, 0) is 25.0 Å². The summed E-state index contributed by atoms with van der Waals surface area (Å²) in [6.07, 6.45) is 4.90. The molecule has 1 aromatic carbocycles. The van der Waals surface area contributed by atoms with Crippen LogP contribution >= 0.6 is 15.9 Å². The molecule has 0 atom stereocenters. The van der Waals surface area contributed by atoms with E-state index in [-0.39, 0.29) is 0 Å². The van der Waals surface area contributed by atoms with E-state index in [9.17, 15) is 0 Å². The third kappa shape index (κ3) is 2.75. The van der Waals surface area contributed by atoms with Gasteiger partial charge in [-0.25, -0.2) is 0 Å². The molecule has 0 aromatic heterocycles. The van der Waals surface area contributed by atoms with Crippen molar-refractivity contribution in [2.24, 2.45) is 0 Å². The summed E-state index contributed by atoms with van der Waals surface area (Å²) in [5.41, 5.74) is 0. The van der Waals surface area contributed by atoms with Crippen molar-refractivity contribution < 1.29 is 9.47 Å². The molecule has 2 nitrogen and oxygen atoms in total. The van der Waals surface area contributed by atoms with E-state index in [0.29, 0.717) is 0 Å². The molecule has 0 saturated heterocycles. The summed E-state index contributed by atoms with van der Waals surface area (Å²) < 4.78 is 11.2. The van der Waals surface area contributed by atoms with Gasteiger partial charge in [0.2, 0.25) is 0 Å². The van der Waals surface area contributed by atoms with Crippen molar-refractivity contribution in [2.45, 2.75) is 19.3 Å². The van der Waals surface area contributed by atoms with Gasteiger partial charge in [0.25, 0.3) is 0 Å². The van der Waals surface area contributed by atoms with Crippen molar-refractivity contribution >= 4 is 15.9 Å². The fraction of sp³-hybridized carbons (Fsp3) is 0.333. The Balaban J connectivity index is 1.94. The zero-order chi connectivity index (χ0) is 10.5. The molecule has 2 rings (SSSR count). The second kappa shape index (κ2) is 5.21. The van der Waals surface area contributed by atoms with Crippen LogP contribution in [-0.4, -0.2) is 5.33 Å². The predicted octanol–water partition coefficient (Wildman–Crippen LogP) is 3.86. The van der Waals surface area contributed by atoms with Crippen LogP contribution in [0.15, 0.2) is 36.3 Å². The summed E-state index contributed by atoms with van der Waals surface area (Å²) in [6, 6.07) is 7.71. The normalized spacial score (nSPS) is 13.5. The lowest BCUT2D eigenvalue weighted by Gasteiger charge is -2.17. The van der Waals surface area contributed by atoms with E-state index in [1.54, 1.807) is 6.26 Å². The van der Waals surface area contributed by atoms with Gasteiger partial charge in [0.05, 0.1) is 0 Å². The Morgan fingerprint density at radius 2 is 1.87 bits per heavy atom. The number of hydrogen-bond donors (Lipinski definition) is 0. The maximum Gasteiger partial charge on any atom is 0.169 e. The second-order valence-electron chi connectivity index (χ2n) is 3.40. The quantitative estimate of drug-likeness (QED) is 0.610. The Labute approximate surface area is 98.0 Å². The fourth-order valence-electron chi connectivity index (χ4n) is 1.43. The third-order valence-electron chi connectivity index (χ3n) is 2.21. The van der Waals surface area contributed by atoms with Crippen LogP contribution < -0.4 is 9.47 Å². The number of allylic oxidation sites excluding steroid dienone is 1. The van der Waals surface area contributed by atoms with Gasteiger partial charge < -0.3 is 9.47 Å². The SMILES string of the molecule is BrCCCCC1=COc2ccccc2O1. The van der Waals surface area contributed by atoms with Gasteiger partial charge in [0.1, 0.15) is 12.0 Å². The molecule has 3 heteroatoms. The van der Waals surface area contributed by atoms with E-state index in [4.69, 9.17) is 9.47 Å². The number of para-hydroxylation sites is 2. The highest BCUT2D eigenvalue weighted by molar-refractivity contribution is 9.09. The standard InChI is InChI=1S/C12H13BrO2/c13-8-4-3-5-10-9-14-11-6-1-2-7-12(11)15-10/h1-2,6-7,9H,3-5,8H2. The van der Waals surface area contributed by atoms with Crippen molar-refractivity contribution in [1.29, 1.82) is 0 Å². The topological polar surface area (TPSA) is 18.5 Å². The molecule has 1 aliphatic rings. The molecule has 1 aliphatic heterocycles. The van der Waals surface area contributed by atoms with E-state index in [1.807, 2.05) is 24.3 Å². The summed E-state index contributed by atoms with van der Waals surface area (Å²) in [6.45, 7) is 0. The van der Waals surface area contributed by atoms with Crippen LogP contribution in [0.2, 0.25) is 0 Å². The third-order valence-corrected chi connectivity index (χ3v) is 2.78. The number of halogens is 1. The van der Waals surface area contributed by atoms with Crippen molar-refractivity contribution in [3.05, 3.63) is 36.3 Å². The molecule has 0 radical (unpaired) electrons. The molecular formula is C12H13BrO2. The summed E-state index contributed by atoms with van der Waals surface area (Å²) >= 11 is 3.41. The molecule has 0 spiro atoms. The first kappa shape index (κ1) is 10.6. The summed E-state index contributed by atoms with van der Waals surface area (Å²) in [5, 5.41) is 1.04. The maximum atomic E-state index is 5.70. The van der Waals surface area contributed by atoms with Gasteiger partial charge in [-0.3, -0.25) is 0 Å². The highest BCUT2D eigenvalue weighted by Crippen LogP contribution is 2.32. The van der Waals surface area contributed by atoms with Gasteiger partial charge in [-0.1, -0.05) is 28.1 Å². The van der Waals surface area contributed by atoms with Gasteiger partial charge in [0.15, 0.2) is 11.5 Å². The van der Waals surface area contributed by atoms with Gasteiger partial charge in [0, 0.05) is 11.8 Å². The zero-order valence-electron chi connectivity index (χ0n) is 8.41. The van der Waals surface area contributed by atoms with E-state index in [0.717, 1.165) is 41.9 Å². The first-order chi connectivity index (χ1) is 7.40. The van der Waals surface area contributed by atoms with Gasteiger partial charge in [-0.2, -0.15) is 0 Å². The molecule has 0 unspecified atom stereocenters. The number of hydrogen-bond acceptors (Lipinski definition) is 2. The van der Waals surface area contributed by atoms with Crippen LogP contribution in [0.1, 0.15) is 19.3 Å². The number of rotatable bonds is 4. The van der Waals surface area contributed by atoms with Crippen molar-refractivity contribution in [2.75, 3.05) is 5.33 Å². The molecule has 0 aliphatic carbocycles. The number of fused-ring (bicyclic) bond motifs is 1. The lowest BCUT2D eigenvalue weighted by Crippen LogP contribution is -2.04. The highest BCUT2D eigenvalue weighted by atomic mass is 79.9. The van der Waals surface area contributed by atoms with Crippen molar-refractivity contribution in [1.82, 2.24) is 0 Å². The van der Waals surface area contributed by atoms with E-state index >= 15 is 0 Å². The minimum atomic E-state index is 0.793. The molecule has 1 heterocycles. The number of benzene rings is 1. The Kier molecular flexibility index (Phi) is 3.67. The summed E-state index contributed by atoms with van der Waals surface area (Å²) in [7, 11) is 0. The Bertz CT molecular complexity index is 360. The summed E-state index contributed by atoms with van der Waals surface area (Å²) in [5.74, 6) is 2.52. The summed E-state index contributed by atoms with van der Waals surface area (Å²) in [4.78, 5) is 0. The van der Waals surface area contributed by atoms with Crippen LogP contribution in [0.4, 0.5) is 0 Å². The van der Waals surface area contributed by atoms with Crippen LogP contribution in [0.5, 0.6) is 11.5 Å². The van der Waals surface area contributed by atoms with Gasteiger partial charge in [-0.15, -0.1) is 0 Å². The number of ether oxygens (including phenoxy) is 2. The fourth-order valence-corrected chi connectivity index (χ4v) is 1.83. The van der Waals surface area contributed by atoms with E-state index in [1.165, 1.54) is 0 Å². The number of unbranched alkanes of at least 4 members (excludes halogenated alkanes) is 1. The monoisotopic (exact) mass is 268 g/mol. The molecule has 80 valence electrons. The second-order valence-corrected chi connectivity index (χ2v) is 4.19. The smallest absolute Gasteiger partial charge is 0.169 e. The highest BCUT2D eigenvalue weighted by Gasteiger charge is 2.12. The number of alkyl halides is 1. The molecular weight excluding hydrogens is 256 g/mol. The Morgan fingerprint density at radius 1 is 1.07 bits per heavy atom. The predicted molar refractivity (Wildman–Crippen MR) is 63.4 cm³/mol. The van der Waals surface area contributed by atoms with Gasteiger partial charge >= 0.3 is 0 Å². The zero-order valence-corrected chi connectivity index (χ0v) is 10.00. The van der Waals surface area contributed by atoms with Crippen LogP contribution in [0.25, 0.3) is 0 Å². The first-order valence-electron chi connectivity index (χ1n) is 5.08. The lowest BCUT2D eigenvalue weighted by molar-refractivity contribution is 0.310. The van der Waals surface area contributed by atoms with Crippen molar-refractivity contribution in [3.63, 3.8) is 0 Å². The average Bonchev–Trinajstić information content (AvgIpc) is 2.29. The largest absolute Gasteiger partial charge is 0.458 e. The minimum Gasteiger partial charge on any atom is -0.458 e. The van der Waals surface area contributed by atoms with E-state index in [2.05, 4.69) is 15.9 Å². The van der Waals surface area contributed by atoms with Crippen molar-refractivity contribution in [3.8, 4) is 11.5 Å². The average molecular weight is 269 g/mol. The van der Waals surface area contributed by atoms with E-state index < -0.39 is 0 Å². The minimum absolute atomic E-state index is 0.793. The molecule has 15 heavy (non-hydrogen) atoms. The molecule has 0 fully saturated rings. The molecule has 0 saturated carbocycles. The molecule has 1 aromatic rings. The maximum absolute atomic E-state index is 5.70. The first-order valence-corrected chi connectivity index (χ1v) is 6.21. The molecule has 0 amide bonds. The van der Waals surface area contributed by atoms with Crippen LogP contribution in [-0.2, 0) is 0 Å².